The van der Waals surface area contributed by atoms with Crippen LogP contribution in [0.2, 0.25) is 0 Å². The number of aryl methyl sites for hydroxylation is 2. The Kier molecular flexibility index (Phi) is 5.92. The Morgan fingerprint density at radius 3 is 2.45 bits per heavy atom. The molecule has 5 heteroatoms. The number of sulfonamides is 1. The molecule has 20 heavy (non-hydrogen) atoms. The van der Waals surface area contributed by atoms with Gasteiger partial charge in [-0.2, -0.15) is 4.31 Å². The van der Waals surface area contributed by atoms with Crippen molar-refractivity contribution in [2.45, 2.75) is 32.2 Å². The summed E-state index contributed by atoms with van der Waals surface area (Å²) in [4.78, 5) is 0.386. The van der Waals surface area contributed by atoms with Gasteiger partial charge >= 0.3 is 0 Å². The van der Waals surface area contributed by atoms with Crippen molar-refractivity contribution in [1.29, 1.82) is 0 Å². The molecule has 0 aromatic heterocycles. The third-order valence-corrected chi connectivity index (χ3v) is 5.39. The van der Waals surface area contributed by atoms with Gasteiger partial charge < -0.3 is 5.32 Å². The smallest absolute Gasteiger partial charge is 0.243 e. The maximum atomic E-state index is 12.7. The van der Waals surface area contributed by atoms with Crippen molar-refractivity contribution in [3.05, 3.63) is 41.5 Å². The molecule has 1 N–H and O–H groups in total. The summed E-state index contributed by atoms with van der Waals surface area (Å²) in [6.45, 7) is 10.7. The Hall–Kier alpha value is -1.17. The summed E-state index contributed by atoms with van der Waals surface area (Å²) in [5.74, 6) is 0. The number of nitrogens with one attached hydrogen (secondary N) is 1. The van der Waals surface area contributed by atoms with Crippen LogP contribution < -0.4 is 5.32 Å². The number of nitrogens with zero attached hydrogens (tertiary/aromatic N) is 1. The normalized spacial score (nSPS) is 11.8. The van der Waals surface area contributed by atoms with E-state index < -0.39 is 10.0 Å². The lowest BCUT2D eigenvalue weighted by molar-refractivity contribution is 0.459. The molecule has 0 radical (unpaired) electrons. The largest absolute Gasteiger partial charge is 0.316 e. The minimum Gasteiger partial charge on any atom is -0.316 e. The highest BCUT2D eigenvalue weighted by molar-refractivity contribution is 7.89. The van der Waals surface area contributed by atoms with Crippen LogP contribution in [0.3, 0.4) is 0 Å². The lowest BCUT2D eigenvalue weighted by atomic mass is 10.1. The van der Waals surface area contributed by atoms with Crippen LogP contribution in [-0.2, 0) is 16.6 Å². The van der Waals surface area contributed by atoms with Crippen LogP contribution in [-0.4, -0.2) is 32.9 Å². The van der Waals surface area contributed by atoms with Gasteiger partial charge in [0, 0.05) is 19.6 Å². The molecule has 0 saturated heterocycles. The number of benzene rings is 1. The molecule has 1 aromatic carbocycles. The van der Waals surface area contributed by atoms with Crippen LogP contribution >= 0.6 is 0 Å². The van der Waals surface area contributed by atoms with E-state index in [0.29, 0.717) is 24.5 Å². The van der Waals surface area contributed by atoms with Crippen molar-refractivity contribution < 1.29 is 8.42 Å². The summed E-state index contributed by atoms with van der Waals surface area (Å²) in [6, 6.07) is 3.71. The zero-order valence-electron chi connectivity index (χ0n) is 12.7. The molecule has 0 aliphatic heterocycles. The van der Waals surface area contributed by atoms with E-state index in [-0.39, 0.29) is 0 Å². The minimum absolute atomic E-state index is 0.327. The van der Waals surface area contributed by atoms with E-state index in [9.17, 15) is 8.42 Å². The van der Waals surface area contributed by atoms with Crippen molar-refractivity contribution >= 4 is 10.0 Å². The van der Waals surface area contributed by atoms with Gasteiger partial charge in [0.05, 0.1) is 4.90 Å². The van der Waals surface area contributed by atoms with Crippen LogP contribution in [0.4, 0.5) is 0 Å². The van der Waals surface area contributed by atoms with E-state index in [1.165, 1.54) is 4.31 Å². The molecular weight excluding hydrogens is 272 g/mol. The lowest BCUT2D eigenvalue weighted by Gasteiger charge is -2.21. The van der Waals surface area contributed by atoms with Crippen LogP contribution in [0.5, 0.6) is 0 Å². The molecule has 0 heterocycles. The summed E-state index contributed by atoms with van der Waals surface area (Å²) >= 11 is 0. The van der Waals surface area contributed by atoms with E-state index in [2.05, 4.69) is 11.9 Å². The highest BCUT2D eigenvalue weighted by atomic mass is 32.2. The fourth-order valence-electron chi connectivity index (χ4n) is 2.21. The Bertz CT molecular complexity index is 580. The Labute approximate surface area is 122 Å². The molecule has 0 fully saturated rings. The second-order valence-electron chi connectivity index (χ2n) is 4.82. The maximum absolute atomic E-state index is 12.7. The van der Waals surface area contributed by atoms with Crippen molar-refractivity contribution in [1.82, 2.24) is 9.62 Å². The summed E-state index contributed by atoms with van der Waals surface area (Å²) in [6.07, 6.45) is 1.61. The molecule has 0 spiro atoms. The SMILES string of the molecule is C=CCN(CC)S(=O)(=O)c1cc(CNC)c(C)cc1C. The Morgan fingerprint density at radius 2 is 1.95 bits per heavy atom. The third-order valence-electron chi connectivity index (χ3n) is 3.30. The zero-order valence-corrected chi connectivity index (χ0v) is 13.5. The average Bonchev–Trinajstić information content (AvgIpc) is 2.38. The number of hydrogen-bond donors (Lipinski definition) is 1. The molecule has 0 unspecified atom stereocenters. The molecule has 0 aliphatic carbocycles. The van der Waals surface area contributed by atoms with Gasteiger partial charge in [0.2, 0.25) is 10.0 Å². The number of hydrogen-bond acceptors (Lipinski definition) is 3. The third kappa shape index (κ3) is 3.48. The fourth-order valence-corrected chi connectivity index (χ4v) is 3.89. The standard InChI is InChI=1S/C15H24N2O2S/c1-6-8-17(7-2)20(18,19)15-10-14(11-16-5)12(3)9-13(15)4/h6,9-10,16H,1,7-8,11H2,2-5H3. The molecule has 1 aromatic rings. The van der Waals surface area contributed by atoms with E-state index >= 15 is 0 Å². The van der Waals surface area contributed by atoms with E-state index in [4.69, 9.17) is 0 Å². The van der Waals surface area contributed by atoms with Crippen LogP contribution in [0.15, 0.2) is 29.7 Å². The zero-order chi connectivity index (χ0) is 15.3. The van der Waals surface area contributed by atoms with Gasteiger partial charge in [0.25, 0.3) is 0 Å². The van der Waals surface area contributed by atoms with Crippen LogP contribution in [0.1, 0.15) is 23.6 Å². The summed E-state index contributed by atoms with van der Waals surface area (Å²) in [5.41, 5.74) is 2.89. The molecule has 112 valence electrons. The molecule has 0 atom stereocenters. The number of likely N-dealkylation sites (N-methyl/N-ethyl adjacent to an activating group) is 1. The van der Waals surface area contributed by atoms with E-state index in [1.54, 1.807) is 12.1 Å². The van der Waals surface area contributed by atoms with Crippen LogP contribution in [0.25, 0.3) is 0 Å². The van der Waals surface area contributed by atoms with Gasteiger partial charge in [-0.25, -0.2) is 8.42 Å². The topological polar surface area (TPSA) is 49.4 Å². The van der Waals surface area contributed by atoms with E-state index in [1.807, 2.05) is 33.9 Å². The molecule has 1 rings (SSSR count). The molecule has 4 nitrogen and oxygen atoms in total. The Morgan fingerprint density at radius 1 is 1.30 bits per heavy atom. The van der Waals surface area contributed by atoms with Crippen molar-refractivity contribution in [3.63, 3.8) is 0 Å². The first-order valence-electron chi connectivity index (χ1n) is 6.74. The van der Waals surface area contributed by atoms with Gasteiger partial charge in [-0.1, -0.05) is 19.1 Å². The summed E-state index contributed by atoms with van der Waals surface area (Å²) in [7, 11) is -1.62. The first-order valence-corrected chi connectivity index (χ1v) is 8.18. The molecule has 0 amide bonds. The van der Waals surface area contributed by atoms with Gasteiger partial charge in [-0.3, -0.25) is 0 Å². The lowest BCUT2D eigenvalue weighted by Crippen LogP contribution is -2.31. The van der Waals surface area contributed by atoms with Crippen molar-refractivity contribution in [2.24, 2.45) is 0 Å². The van der Waals surface area contributed by atoms with Gasteiger partial charge in [-0.05, 0) is 43.7 Å². The maximum Gasteiger partial charge on any atom is 0.243 e. The van der Waals surface area contributed by atoms with Crippen molar-refractivity contribution in [3.8, 4) is 0 Å². The highest BCUT2D eigenvalue weighted by Crippen LogP contribution is 2.23. The second kappa shape index (κ2) is 7.02. The van der Waals surface area contributed by atoms with Crippen molar-refractivity contribution in [2.75, 3.05) is 20.1 Å². The highest BCUT2D eigenvalue weighted by Gasteiger charge is 2.24. The monoisotopic (exact) mass is 296 g/mol. The summed E-state index contributed by atoms with van der Waals surface area (Å²) < 4.78 is 26.8. The molecule has 0 aliphatic rings. The second-order valence-corrected chi connectivity index (χ2v) is 6.73. The summed E-state index contributed by atoms with van der Waals surface area (Å²) in [5, 5.41) is 3.07. The van der Waals surface area contributed by atoms with Crippen LogP contribution in [0, 0.1) is 13.8 Å². The molecular formula is C15H24N2O2S. The van der Waals surface area contributed by atoms with E-state index in [0.717, 1.165) is 16.7 Å². The molecule has 0 bridgehead atoms. The van der Waals surface area contributed by atoms with Gasteiger partial charge in [0.15, 0.2) is 0 Å². The van der Waals surface area contributed by atoms with Gasteiger partial charge in [-0.15, -0.1) is 6.58 Å². The minimum atomic E-state index is -3.47. The predicted octanol–water partition coefficient (Wildman–Crippen LogP) is 2.22. The quantitative estimate of drug-likeness (QED) is 0.785. The molecule has 0 saturated carbocycles. The van der Waals surface area contributed by atoms with Gasteiger partial charge in [0.1, 0.15) is 0 Å². The first-order chi connectivity index (χ1) is 9.38. The average molecular weight is 296 g/mol. The predicted molar refractivity (Wildman–Crippen MR) is 83.3 cm³/mol. The fraction of sp³-hybridized carbons (Fsp3) is 0.467. The Balaban J connectivity index is 3.36. The first kappa shape index (κ1) is 16.9. The number of rotatable bonds is 7.